The molecule has 2 aromatic heterocycles. The molecule has 1 N–H and O–H groups in total. The van der Waals surface area contributed by atoms with Crippen molar-refractivity contribution in [1.82, 2.24) is 15.2 Å². The molecule has 0 bridgehead atoms. The highest BCUT2D eigenvalue weighted by molar-refractivity contribution is 6.00. The second-order valence-electron chi connectivity index (χ2n) is 10.4. The molecule has 7 heteroatoms. The van der Waals surface area contributed by atoms with E-state index in [0.29, 0.717) is 0 Å². The topological polar surface area (TPSA) is 76.8 Å². The smallest absolute Gasteiger partial charge is 0.407 e. The number of carbonyl (C=O) groups excluding carboxylic acids is 1. The van der Waals surface area contributed by atoms with Gasteiger partial charge in [-0.25, -0.2) is 4.79 Å². The van der Waals surface area contributed by atoms with Gasteiger partial charge in [-0.3, -0.25) is 9.88 Å². The van der Waals surface area contributed by atoms with Crippen molar-refractivity contribution in [1.29, 1.82) is 0 Å². The van der Waals surface area contributed by atoms with Crippen molar-refractivity contribution in [2.45, 2.75) is 51.8 Å². The van der Waals surface area contributed by atoms with Crippen LogP contribution in [0.3, 0.4) is 0 Å². The molecule has 2 aromatic carbocycles. The molecular formula is C29H33N3O4. The number of nitrogens with zero attached hydrogens (tertiary/aromatic N) is 2. The number of fused-ring (bicyclic) bond motifs is 2. The SMILES string of the molecule is COc1cc(CN2CCC(NC(=O)OC(C)(C)C)CC2)cc2c(-c3cc4ccccc4o3)cncc12. The second kappa shape index (κ2) is 9.82. The zero-order valence-electron chi connectivity index (χ0n) is 21.3. The van der Waals surface area contributed by atoms with Crippen LogP contribution >= 0.6 is 0 Å². The molecule has 0 radical (unpaired) electrons. The van der Waals surface area contributed by atoms with Crippen molar-refractivity contribution in [2.75, 3.05) is 20.2 Å². The zero-order chi connectivity index (χ0) is 25.3. The van der Waals surface area contributed by atoms with Crippen LogP contribution in [-0.4, -0.2) is 47.8 Å². The minimum atomic E-state index is -0.489. The van der Waals surface area contributed by atoms with Gasteiger partial charge in [0.2, 0.25) is 0 Å². The van der Waals surface area contributed by atoms with Gasteiger partial charge >= 0.3 is 6.09 Å². The van der Waals surface area contributed by atoms with Gasteiger partial charge in [0.1, 0.15) is 22.7 Å². The standard InChI is InChI=1S/C29H33N3O4/c1-29(2,3)36-28(33)31-21-9-11-32(12-10-21)18-19-13-22-23(26(14-19)34-4)16-30-17-24(22)27-15-20-7-5-6-8-25(20)35-27/h5-8,13-17,21H,9-12,18H2,1-4H3,(H,31,33). The number of hydrogen-bond acceptors (Lipinski definition) is 6. The first kappa shape index (κ1) is 24.1. The van der Waals surface area contributed by atoms with Crippen LogP contribution in [-0.2, 0) is 11.3 Å². The Morgan fingerprint density at radius 3 is 2.61 bits per heavy atom. The highest BCUT2D eigenvalue weighted by atomic mass is 16.6. The fourth-order valence-corrected chi connectivity index (χ4v) is 4.83. The van der Waals surface area contributed by atoms with E-state index in [9.17, 15) is 4.79 Å². The Balaban J connectivity index is 1.34. The van der Waals surface area contributed by atoms with Gasteiger partial charge in [0.15, 0.2) is 0 Å². The van der Waals surface area contributed by atoms with Crippen LogP contribution in [0.15, 0.2) is 59.3 Å². The molecule has 1 amide bonds. The minimum Gasteiger partial charge on any atom is -0.496 e. The maximum Gasteiger partial charge on any atom is 0.407 e. The van der Waals surface area contributed by atoms with Crippen LogP contribution in [0.2, 0.25) is 0 Å². The highest BCUT2D eigenvalue weighted by Crippen LogP contribution is 2.36. The summed E-state index contributed by atoms with van der Waals surface area (Å²) < 4.78 is 17.3. The summed E-state index contributed by atoms with van der Waals surface area (Å²) in [5.41, 5.74) is 2.48. The van der Waals surface area contributed by atoms with Gasteiger partial charge in [-0.2, -0.15) is 0 Å². The largest absolute Gasteiger partial charge is 0.496 e. The molecule has 5 rings (SSSR count). The molecular weight excluding hydrogens is 454 g/mol. The minimum absolute atomic E-state index is 0.132. The number of para-hydroxylation sites is 1. The van der Waals surface area contributed by atoms with E-state index in [1.54, 1.807) is 7.11 Å². The summed E-state index contributed by atoms with van der Waals surface area (Å²) in [6.07, 6.45) is 5.14. The Labute approximate surface area is 211 Å². The first-order chi connectivity index (χ1) is 17.3. The third kappa shape index (κ3) is 5.31. The summed E-state index contributed by atoms with van der Waals surface area (Å²) in [5, 5.41) is 6.09. The molecule has 1 saturated heterocycles. The lowest BCUT2D eigenvalue weighted by Gasteiger charge is -2.33. The predicted octanol–water partition coefficient (Wildman–Crippen LogP) is 6.15. The second-order valence-corrected chi connectivity index (χ2v) is 10.4. The summed E-state index contributed by atoms with van der Waals surface area (Å²) in [6.45, 7) is 8.22. The van der Waals surface area contributed by atoms with Crippen molar-refractivity contribution < 1.29 is 18.7 Å². The average molecular weight is 488 g/mol. The van der Waals surface area contributed by atoms with E-state index in [4.69, 9.17) is 13.9 Å². The average Bonchev–Trinajstić information content (AvgIpc) is 3.27. The molecule has 7 nitrogen and oxygen atoms in total. The molecule has 0 unspecified atom stereocenters. The molecule has 0 aliphatic carbocycles. The van der Waals surface area contributed by atoms with E-state index in [1.165, 1.54) is 5.56 Å². The summed E-state index contributed by atoms with van der Waals surface area (Å²) in [6, 6.07) is 14.5. The Hall–Kier alpha value is -3.58. The molecule has 1 fully saturated rings. The molecule has 1 aliphatic heterocycles. The number of likely N-dealkylation sites (tertiary alicyclic amines) is 1. The Morgan fingerprint density at radius 2 is 1.89 bits per heavy atom. The summed E-state index contributed by atoms with van der Waals surface area (Å²) in [5.74, 6) is 1.59. The predicted molar refractivity (Wildman–Crippen MR) is 141 cm³/mol. The number of benzene rings is 2. The molecule has 36 heavy (non-hydrogen) atoms. The number of hydrogen-bond donors (Lipinski definition) is 1. The maximum absolute atomic E-state index is 12.1. The van der Waals surface area contributed by atoms with Crippen molar-refractivity contribution >= 4 is 27.8 Å². The van der Waals surface area contributed by atoms with Gasteiger partial charge in [-0.1, -0.05) is 18.2 Å². The fraction of sp³-hybridized carbons (Fsp3) is 0.379. The molecule has 1 aliphatic rings. The highest BCUT2D eigenvalue weighted by Gasteiger charge is 2.24. The van der Waals surface area contributed by atoms with Crippen LogP contribution in [0.25, 0.3) is 33.1 Å². The number of furan rings is 1. The van der Waals surface area contributed by atoms with Gasteiger partial charge in [0.25, 0.3) is 0 Å². The monoisotopic (exact) mass is 487 g/mol. The molecule has 4 aromatic rings. The Kier molecular flexibility index (Phi) is 6.58. The van der Waals surface area contributed by atoms with Gasteiger partial charge in [0, 0.05) is 54.4 Å². The molecule has 0 saturated carbocycles. The van der Waals surface area contributed by atoms with Crippen LogP contribution in [0, 0.1) is 0 Å². The quantitative estimate of drug-likeness (QED) is 0.364. The number of pyridine rings is 1. The van der Waals surface area contributed by atoms with Crippen LogP contribution in [0.4, 0.5) is 4.79 Å². The number of aromatic nitrogens is 1. The zero-order valence-corrected chi connectivity index (χ0v) is 21.3. The van der Waals surface area contributed by atoms with E-state index in [-0.39, 0.29) is 12.1 Å². The molecule has 0 spiro atoms. The first-order valence-corrected chi connectivity index (χ1v) is 12.4. The number of nitrogens with one attached hydrogen (secondary N) is 1. The maximum atomic E-state index is 12.1. The molecule has 188 valence electrons. The summed E-state index contributed by atoms with van der Waals surface area (Å²) in [4.78, 5) is 19.0. The number of amides is 1. The normalized spacial score (nSPS) is 15.3. The van der Waals surface area contributed by atoms with E-state index in [1.807, 2.05) is 57.4 Å². The fourth-order valence-electron chi connectivity index (χ4n) is 4.83. The lowest BCUT2D eigenvalue weighted by molar-refractivity contribution is 0.0477. The number of carbonyl (C=O) groups is 1. The number of methoxy groups -OCH3 is 1. The van der Waals surface area contributed by atoms with Crippen molar-refractivity contribution in [3.8, 4) is 17.1 Å². The van der Waals surface area contributed by atoms with Gasteiger partial charge < -0.3 is 19.2 Å². The van der Waals surface area contributed by atoms with Crippen LogP contribution < -0.4 is 10.1 Å². The number of alkyl carbamates (subject to hydrolysis) is 1. The number of rotatable bonds is 5. The third-order valence-electron chi connectivity index (χ3n) is 6.52. The summed E-state index contributed by atoms with van der Waals surface area (Å²) in [7, 11) is 1.69. The first-order valence-electron chi connectivity index (χ1n) is 12.4. The Bertz CT molecular complexity index is 1350. The Morgan fingerprint density at radius 1 is 1.11 bits per heavy atom. The lowest BCUT2D eigenvalue weighted by Crippen LogP contribution is -2.45. The van der Waals surface area contributed by atoms with Gasteiger partial charge in [-0.05, 0) is 68.8 Å². The van der Waals surface area contributed by atoms with Crippen molar-refractivity contribution in [3.05, 3.63) is 60.4 Å². The van der Waals surface area contributed by atoms with E-state index < -0.39 is 5.60 Å². The number of piperidine rings is 1. The van der Waals surface area contributed by atoms with Crippen molar-refractivity contribution in [3.63, 3.8) is 0 Å². The van der Waals surface area contributed by atoms with Gasteiger partial charge in [-0.15, -0.1) is 0 Å². The molecule has 0 atom stereocenters. The van der Waals surface area contributed by atoms with Crippen LogP contribution in [0.5, 0.6) is 5.75 Å². The molecule has 3 heterocycles. The summed E-state index contributed by atoms with van der Waals surface area (Å²) >= 11 is 0. The van der Waals surface area contributed by atoms with Crippen LogP contribution in [0.1, 0.15) is 39.2 Å². The lowest BCUT2D eigenvalue weighted by atomic mass is 10.0. The third-order valence-corrected chi connectivity index (χ3v) is 6.52. The van der Waals surface area contributed by atoms with Crippen molar-refractivity contribution in [2.24, 2.45) is 0 Å². The van der Waals surface area contributed by atoms with Gasteiger partial charge in [0.05, 0.1) is 7.11 Å². The van der Waals surface area contributed by atoms with E-state index in [2.05, 4.69) is 33.4 Å². The van der Waals surface area contributed by atoms with E-state index in [0.717, 1.165) is 71.3 Å². The number of ether oxygens (including phenoxy) is 2. The van der Waals surface area contributed by atoms with E-state index >= 15 is 0 Å².